The van der Waals surface area contributed by atoms with Crippen molar-refractivity contribution in [3.05, 3.63) is 0 Å². The van der Waals surface area contributed by atoms with Crippen molar-refractivity contribution >= 4 is 26.1 Å². The number of halogens is 1. The fraction of sp³-hybridized carbons (Fsp3) is 1.00. The van der Waals surface area contributed by atoms with Crippen molar-refractivity contribution in [1.82, 2.24) is 8.61 Å². The van der Waals surface area contributed by atoms with Gasteiger partial charge in [-0.3, -0.25) is 0 Å². The first kappa shape index (κ1) is 15.7. The van der Waals surface area contributed by atoms with Crippen LogP contribution in [0.1, 0.15) is 46.0 Å². The molecule has 0 amide bonds. The second kappa shape index (κ2) is 6.41. The lowest BCUT2D eigenvalue weighted by atomic mass is 9.96. The summed E-state index contributed by atoms with van der Waals surface area (Å²) in [5.41, 5.74) is 0. The third kappa shape index (κ3) is 3.52. The van der Waals surface area contributed by atoms with E-state index in [0.29, 0.717) is 30.4 Å². The molecule has 0 spiro atoms. The van der Waals surface area contributed by atoms with Crippen LogP contribution in [0.5, 0.6) is 0 Å². The lowest BCUT2D eigenvalue weighted by Crippen LogP contribution is -2.52. The molecule has 2 atom stereocenters. The van der Waals surface area contributed by atoms with Crippen LogP contribution in [-0.4, -0.2) is 47.5 Å². The summed E-state index contributed by atoms with van der Waals surface area (Å²) in [4.78, 5) is 0.478. The third-order valence-corrected chi connectivity index (χ3v) is 7.41. The maximum atomic E-state index is 12.7. The predicted molar refractivity (Wildman–Crippen MR) is 81.6 cm³/mol. The average molecular weight is 353 g/mol. The number of piperidine rings is 2. The van der Waals surface area contributed by atoms with Gasteiger partial charge in [-0.2, -0.15) is 17.0 Å². The van der Waals surface area contributed by atoms with E-state index in [2.05, 4.69) is 22.9 Å². The first-order chi connectivity index (χ1) is 8.93. The summed E-state index contributed by atoms with van der Waals surface area (Å²) in [5, 5.41) is 0. The molecule has 6 heteroatoms. The fourth-order valence-electron chi connectivity index (χ4n) is 3.13. The minimum absolute atomic E-state index is 0.159. The molecule has 2 fully saturated rings. The summed E-state index contributed by atoms with van der Waals surface area (Å²) >= 11 is 3.61. The standard InChI is InChI=1S/C13H25BrN2O2S/c1-11-5-3-4-8-16(11)19(17,18)15-9-6-13(7-10-15)12(2)14/h11-13H,3-10H2,1-2H3. The highest BCUT2D eigenvalue weighted by Gasteiger charge is 2.36. The van der Waals surface area contributed by atoms with Crippen molar-refractivity contribution in [2.75, 3.05) is 19.6 Å². The second-order valence-electron chi connectivity index (χ2n) is 5.88. The fourth-order valence-corrected chi connectivity index (χ4v) is 5.55. The highest BCUT2D eigenvalue weighted by Crippen LogP contribution is 2.29. The summed E-state index contributed by atoms with van der Waals surface area (Å²) in [6, 6.07) is 0.159. The van der Waals surface area contributed by atoms with Crippen molar-refractivity contribution in [2.45, 2.75) is 56.8 Å². The Kier molecular flexibility index (Phi) is 5.31. The Morgan fingerprint density at radius 3 is 2.26 bits per heavy atom. The highest BCUT2D eigenvalue weighted by atomic mass is 79.9. The van der Waals surface area contributed by atoms with Crippen LogP contribution in [0.4, 0.5) is 0 Å². The van der Waals surface area contributed by atoms with E-state index in [1.54, 1.807) is 8.61 Å². The highest BCUT2D eigenvalue weighted by molar-refractivity contribution is 9.09. The molecular weight excluding hydrogens is 328 g/mol. The Labute approximate surface area is 125 Å². The van der Waals surface area contributed by atoms with Gasteiger partial charge in [0.15, 0.2) is 0 Å². The van der Waals surface area contributed by atoms with Gasteiger partial charge < -0.3 is 0 Å². The van der Waals surface area contributed by atoms with E-state index in [9.17, 15) is 8.42 Å². The Bertz CT molecular complexity index is 391. The summed E-state index contributed by atoms with van der Waals surface area (Å²) in [5.74, 6) is 0.602. The average Bonchev–Trinajstić information content (AvgIpc) is 2.39. The molecular formula is C13H25BrN2O2S. The van der Waals surface area contributed by atoms with Gasteiger partial charge >= 0.3 is 0 Å². The summed E-state index contributed by atoms with van der Waals surface area (Å²) in [6.45, 7) is 6.22. The quantitative estimate of drug-likeness (QED) is 0.732. The zero-order valence-corrected chi connectivity index (χ0v) is 14.3. The molecule has 0 aromatic heterocycles. The van der Waals surface area contributed by atoms with Crippen LogP contribution in [-0.2, 0) is 10.2 Å². The topological polar surface area (TPSA) is 40.6 Å². The SMILES string of the molecule is CC(Br)C1CCN(S(=O)(=O)N2CCCCC2C)CC1. The molecule has 0 aliphatic carbocycles. The van der Waals surface area contributed by atoms with Crippen LogP contribution in [0, 0.1) is 5.92 Å². The molecule has 2 aliphatic rings. The normalized spacial score (nSPS) is 30.4. The summed E-state index contributed by atoms with van der Waals surface area (Å²) in [6.07, 6.45) is 5.07. The molecule has 19 heavy (non-hydrogen) atoms. The Morgan fingerprint density at radius 1 is 1.11 bits per heavy atom. The van der Waals surface area contributed by atoms with E-state index >= 15 is 0 Å². The lowest BCUT2D eigenvalue weighted by Gasteiger charge is -2.39. The summed E-state index contributed by atoms with van der Waals surface area (Å²) in [7, 11) is -3.23. The minimum atomic E-state index is -3.23. The molecule has 0 bridgehead atoms. The van der Waals surface area contributed by atoms with Gasteiger partial charge in [0.1, 0.15) is 0 Å². The molecule has 2 heterocycles. The number of hydrogen-bond donors (Lipinski definition) is 0. The van der Waals surface area contributed by atoms with Crippen molar-refractivity contribution in [3.8, 4) is 0 Å². The molecule has 4 nitrogen and oxygen atoms in total. The van der Waals surface area contributed by atoms with Crippen LogP contribution >= 0.6 is 15.9 Å². The number of alkyl halides is 1. The molecule has 2 saturated heterocycles. The smallest absolute Gasteiger partial charge is 0.195 e. The van der Waals surface area contributed by atoms with E-state index < -0.39 is 10.2 Å². The van der Waals surface area contributed by atoms with E-state index in [1.807, 2.05) is 6.92 Å². The molecule has 0 radical (unpaired) electrons. The van der Waals surface area contributed by atoms with Crippen molar-refractivity contribution in [3.63, 3.8) is 0 Å². The number of nitrogens with zero attached hydrogens (tertiary/aromatic N) is 2. The predicted octanol–water partition coefficient (Wildman–Crippen LogP) is 2.60. The van der Waals surface area contributed by atoms with Crippen molar-refractivity contribution in [2.24, 2.45) is 5.92 Å². The lowest BCUT2D eigenvalue weighted by molar-refractivity contribution is 0.218. The summed E-state index contributed by atoms with van der Waals surface area (Å²) < 4.78 is 28.7. The van der Waals surface area contributed by atoms with Crippen LogP contribution in [0.15, 0.2) is 0 Å². The zero-order chi connectivity index (χ0) is 14.0. The molecule has 0 aromatic rings. The van der Waals surface area contributed by atoms with Gasteiger partial charge in [0.2, 0.25) is 0 Å². The minimum Gasteiger partial charge on any atom is -0.195 e. The first-order valence-corrected chi connectivity index (χ1v) is 9.65. The Hall–Kier alpha value is 0.350. The van der Waals surface area contributed by atoms with Gasteiger partial charge in [-0.1, -0.05) is 29.3 Å². The number of rotatable bonds is 3. The molecule has 2 aliphatic heterocycles. The van der Waals surface area contributed by atoms with Crippen LogP contribution in [0.2, 0.25) is 0 Å². The van der Waals surface area contributed by atoms with Crippen LogP contribution < -0.4 is 0 Å². The second-order valence-corrected chi connectivity index (χ2v) is 9.20. The third-order valence-electron chi connectivity index (χ3n) is 4.51. The molecule has 2 rings (SSSR count). The van der Waals surface area contributed by atoms with E-state index in [1.165, 1.54) is 0 Å². The molecule has 2 unspecified atom stereocenters. The maximum Gasteiger partial charge on any atom is 0.282 e. The van der Waals surface area contributed by atoms with Crippen LogP contribution in [0.25, 0.3) is 0 Å². The van der Waals surface area contributed by atoms with Gasteiger partial charge in [0.25, 0.3) is 10.2 Å². The molecule has 0 saturated carbocycles. The molecule has 0 aromatic carbocycles. The largest absolute Gasteiger partial charge is 0.282 e. The van der Waals surface area contributed by atoms with Gasteiger partial charge in [-0.25, -0.2) is 0 Å². The number of hydrogen-bond acceptors (Lipinski definition) is 2. The monoisotopic (exact) mass is 352 g/mol. The van der Waals surface area contributed by atoms with Gasteiger partial charge in [0.05, 0.1) is 0 Å². The molecule has 0 N–H and O–H groups in total. The maximum absolute atomic E-state index is 12.7. The van der Waals surface area contributed by atoms with Gasteiger partial charge in [-0.15, -0.1) is 0 Å². The van der Waals surface area contributed by atoms with Crippen LogP contribution in [0.3, 0.4) is 0 Å². The van der Waals surface area contributed by atoms with Crippen molar-refractivity contribution < 1.29 is 8.42 Å². The Balaban J connectivity index is 2.01. The first-order valence-electron chi connectivity index (χ1n) is 7.34. The Morgan fingerprint density at radius 2 is 1.74 bits per heavy atom. The molecule has 112 valence electrons. The van der Waals surface area contributed by atoms with E-state index in [-0.39, 0.29) is 6.04 Å². The van der Waals surface area contributed by atoms with Crippen molar-refractivity contribution in [1.29, 1.82) is 0 Å². The van der Waals surface area contributed by atoms with Gasteiger partial charge in [-0.05, 0) is 38.5 Å². The van der Waals surface area contributed by atoms with E-state index in [0.717, 1.165) is 32.1 Å². The zero-order valence-electron chi connectivity index (χ0n) is 11.9. The van der Waals surface area contributed by atoms with Gasteiger partial charge in [0, 0.05) is 30.5 Å². The van der Waals surface area contributed by atoms with E-state index in [4.69, 9.17) is 0 Å².